The van der Waals surface area contributed by atoms with Crippen molar-refractivity contribution in [1.29, 1.82) is 0 Å². The Labute approximate surface area is 133 Å². The summed E-state index contributed by atoms with van der Waals surface area (Å²) in [6, 6.07) is 3.85. The first-order valence-corrected chi connectivity index (χ1v) is 8.30. The molecule has 7 heteroatoms. The van der Waals surface area contributed by atoms with Crippen molar-refractivity contribution < 1.29 is 9.47 Å². The van der Waals surface area contributed by atoms with Crippen molar-refractivity contribution in [1.82, 2.24) is 15.2 Å². The average molecular weight is 318 g/mol. The van der Waals surface area contributed by atoms with Crippen LogP contribution in [0, 0.1) is 6.92 Å². The highest BCUT2D eigenvalue weighted by atomic mass is 32.1. The molecule has 2 saturated heterocycles. The number of hydrogen-bond donors (Lipinski definition) is 0. The van der Waals surface area contributed by atoms with Gasteiger partial charge in [0.1, 0.15) is 22.5 Å². The van der Waals surface area contributed by atoms with E-state index in [1.54, 1.807) is 23.7 Å². The van der Waals surface area contributed by atoms with Crippen molar-refractivity contribution in [2.24, 2.45) is 0 Å². The minimum Gasteiger partial charge on any atom is -0.489 e. The number of rotatable bonds is 3. The van der Waals surface area contributed by atoms with Gasteiger partial charge in [0.25, 0.3) is 0 Å². The summed E-state index contributed by atoms with van der Waals surface area (Å²) in [4.78, 5) is 6.33. The van der Waals surface area contributed by atoms with Crippen LogP contribution in [-0.2, 0) is 4.74 Å². The molecule has 0 aliphatic carbocycles. The molecule has 22 heavy (non-hydrogen) atoms. The lowest BCUT2D eigenvalue weighted by molar-refractivity contribution is -0.126. The molecule has 1 spiro atoms. The van der Waals surface area contributed by atoms with Crippen molar-refractivity contribution >= 4 is 16.5 Å². The monoisotopic (exact) mass is 318 g/mol. The molecule has 0 N–H and O–H groups in total. The van der Waals surface area contributed by atoms with Gasteiger partial charge in [-0.1, -0.05) is 11.3 Å². The zero-order valence-corrected chi connectivity index (χ0v) is 13.3. The molecule has 2 aliphatic rings. The van der Waals surface area contributed by atoms with Gasteiger partial charge in [-0.15, -0.1) is 10.2 Å². The van der Waals surface area contributed by atoms with Crippen LogP contribution in [-0.4, -0.2) is 46.6 Å². The number of aryl methyl sites for hydroxylation is 1. The van der Waals surface area contributed by atoms with Gasteiger partial charge in [0.05, 0.1) is 25.9 Å². The van der Waals surface area contributed by atoms with Crippen molar-refractivity contribution in [2.75, 3.05) is 24.6 Å². The molecule has 2 fully saturated rings. The third kappa shape index (κ3) is 2.66. The second kappa shape index (κ2) is 5.48. The van der Waals surface area contributed by atoms with Crippen LogP contribution in [0.3, 0.4) is 0 Å². The van der Waals surface area contributed by atoms with Crippen LogP contribution < -0.4 is 9.64 Å². The number of hydrogen-bond acceptors (Lipinski definition) is 7. The molecule has 0 aromatic carbocycles. The second-order valence-electron chi connectivity index (χ2n) is 5.91. The smallest absolute Gasteiger partial charge is 0.208 e. The minimum atomic E-state index is -0.0926. The fourth-order valence-electron chi connectivity index (χ4n) is 3.11. The van der Waals surface area contributed by atoms with E-state index < -0.39 is 0 Å². The molecular weight excluding hydrogens is 300 g/mol. The highest BCUT2D eigenvalue weighted by Crippen LogP contribution is 2.38. The van der Waals surface area contributed by atoms with Gasteiger partial charge in [-0.3, -0.25) is 4.98 Å². The summed E-state index contributed by atoms with van der Waals surface area (Å²) in [5, 5.41) is 10.3. The molecule has 0 radical (unpaired) electrons. The molecule has 0 saturated carbocycles. The van der Waals surface area contributed by atoms with Gasteiger partial charge >= 0.3 is 0 Å². The first kappa shape index (κ1) is 13.9. The third-order valence-corrected chi connectivity index (χ3v) is 5.03. The van der Waals surface area contributed by atoms with Crippen LogP contribution >= 0.6 is 11.3 Å². The van der Waals surface area contributed by atoms with E-state index in [0.717, 1.165) is 48.4 Å². The van der Waals surface area contributed by atoms with Crippen LogP contribution in [0.15, 0.2) is 24.5 Å². The number of ether oxygens (including phenoxy) is 2. The highest BCUT2D eigenvalue weighted by Gasteiger charge is 2.49. The Bertz CT molecular complexity index is 642. The lowest BCUT2D eigenvalue weighted by Gasteiger charge is -2.52. The summed E-state index contributed by atoms with van der Waals surface area (Å²) in [6.07, 6.45) is 5.55. The number of nitrogens with zero attached hydrogens (tertiary/aromatic N) is 4. The van der Waals surface area contributed by atoms with Gasteiger partial charge in [0.15, 0.2) is 0 Å². The average Bonchev–Trinajstić information content (AvgIpc) is 2.92. The SMILES string of the molecule is Cc1nnc(N2CC3(C[C@H](Oc4cccnc4)CCO3)C2)s1. The fraction of sp³-hybridized carbons (Fsp3) is 0.533. The largest absolute Gasteiger partial charge is 0.489 e. The maximum absolute atomic E-state index is 6.05. The Morgan fingerprint density at radius 3 is 3.05 bits per heavy atom. The van der Waals surface area contributed by atoms with Crippen LogP contribution in [0.1, 0.15) is 17.8 Å². The quantitative estimate of drug-likeness (QED) is 0.863. The van der Waals surface area contributed by atoms with Gasteiger partial charge in [0, 0.05) is 19.0 Å². The Kier molecular flexibility index (Phi) is 3.46. The molecule has 0 bridgehead atoms. The first-order chi connectivity index (χ1) is 10.7. The topological polar surface area (TPSA) is 60.4 Å². The summed E-state index contributed by atoms with van der Waals surface area (Å²) >= 11 is 1.63. The van der Waals surface area contributed by atoms with Gasteiger partial charge in [-0.25, -0.2) is 0 Å². The van der Waals surface area contributed by atoms with Crippen molar-refractivity contribution in [2.45, 2.75) is 31.5 Å². The van der Waals surface area contributed by atoms with E-state index in [0.29, 0.717) is 0 Å². The summed E-state index contributed by atoms with van der Waals surface area (Å²) in [6.45, 7) is 4.46. The predicted octanol–water partition coefficient (Wildman–Crippen LogP) is 2.06. The van der Waals surface area contributed by atoms with Gasteiger partial charge in [-0.2, -0.15) is 0 Å². The molecule has 0 amide bonds. The fourth-order valence-corrected chi connectivity index (χ4v) is 3.80. The van der Waals surface area contributed by atoms with Crippen molar-refractivity contribution in [3.8, 4) is 5.75 Å². The minimum absolute atomic E-state index is 0.0926. The predicted molar refractivity (Wildman–Crippen MR) is 83.4 cm³/mol. The lowest BCUT2D eigenvalue weighted by atomic mass is 9.85. The van der Waals surface area contributed by atoms with Crippen LogP contribution in [0.5, 0.6) is 5.75 Å². The zero-order valence-electron chi connectivity index (χ0n) is 12.4. The number of aromatic nitrogens is 3. The number of pyridine rings is 1. The molecule has 6 nitrogen and oxygen atoms in total. The lowest BCUT2D eigenvalue weighted by Crippen LogP contribution is -2.66. The maximum Gasteiger partial charge on any atom is 0.208 e. The van der Waals surface area contributed by atoms with Gasteiger partial charge in [-0.05, 0) is 19.1 Å². The van der Waals surface area contributed by atoms with Crippen LogP contribution in [0.4, 0.5) is 5.13 Å². The standard InChI is InChI=1S/C15H18N4O2S/c1-11-17-18-14(22-11)19-9-15(10-19)7-12(4-6-20-15)21-13-3-2-5-16-8-13/h2-3,5,8,12H,4,6-7,9-10H2,1H3/t12-/m1/s1. The molecule has 4 rings (SSSR count). The van der Waals surface area contributed by atoms with E-state index in [9.17, 15) is 0 Å². The Morgan fingerprint density at radius 1 is 1.41 bits per heavy atom. The normalized spacial score (nSPS) is 23.3. The van der Waals surface area contributed by atoms with Gasteiger partial charge in [0.2, 0.25) is 5.13 Å². The molecule has 2 aromatic rings. The first-order valence-electron chi connectivity index (χ1n) is 7.48. The highest BCUT2D eigenvalue weighted by molar-refractivity contribution is 7.15. The second-order valence-corrected chi connectivity index (χ2v) is 7.07. The molecule has 2 aliphatic heterocycles. The summed E-state index contributed by atoms with van der Waals surface area (Å²) in [7, 11) is 0. The van der Waals surface area contributed by atoms with E-state index in [1.807, 2.05) is 19.1 Å². The Morgan fingerprint density at radius 2 is 2.32 bits per heavy atom. The maximum atomic E-state index is 6.05. The summed E-state index contributed by atoms with van der Waals surface area (Å²) in [5.41, 5.74) is -0.0926. The molecule has 0 unspecified atom stereocenters. The summed E-state index contributed by atoms with van der Waals surface area (Å²) in [5.74, 6) is 0.834. The van der Waals surface area contributed by atoms with E-state index >= 15 is 0 Å². The zero-order chi connectivity index (χ0) is 15.0. The van der Waals surface area contributed by atoms with Crippen LogP contribution in [0.2, 0.25) is 0 Å². The van der Waals surface area contributed by atoms with E-state index in [4.69, 9.17) is 9.47 Å². The summed E-state index contributed by atoms with van der Waals surface area (Å²) < 4.78 is 12.1. The molecule has 116 valence electrons. The molecule has 2 aromatic heterocycles. The van der Waals surface area contributed by atoms with Crippen molar-refractivity contribution in [3.63, 3.8) is 0 Å². The number of anilines is 1. The van der Waals surface area contributed by atoms with E-state index in [2.05, 4.69) is 20.1 Å². The van der Waals surface area contributed by atoms with Crippen molar-refractivity contribution in [3.05, 3.63) is 29.5 Å². The van der Waals surface area contributed by atoms with E-state index in [-0.39, 0.29) is 11.7 Å². The van der Waals surface area contributed by atoms with E-state index in [1.165, 1.54) is 0 Å². The van der Waals surface area contributed by atoms with Crippen LogP contribution in [0.25, 0.3) is 0 Å². The van der Waals surface area contributed by atoms with Gasteiger partial charge < -0.3 is 14.4 Å². The molecule has 1 atom stereocenters. The third-order valence-electron chi connectivity index (χ3n) is 4.13. The Balaban J connectivity index is 1.38. The Hall–Kier alpha value is -1.73. The molecular formula is C15H18N4O2S. The molecule has 4 heterocycles.